The molecule has 1 aromatic carbocycles. The van der Waals surface area contributed by atoms with Crippen molar-refractivity contribution in [3.8, 4) is 0 Å². The van der Waals surface area contributed by atoms with E-state index in [1.54, 1.807) is 17.0 Å². The second-order valence-corrected chi connectivity index (χ2v) is 5.44. The zero-order valence-corrected chi connectivity index (χ0v) is 12.4. The molecule has 0 bridgehead atoms. The molecule has 7 heteroatoms. The molecule has 0 aliphatic carbocycles. The highest BCUT2D eigenvalue weighted by molar-refractivity contribution is 5.74. The molecule has 0 radical (unpaired) electrons. The van der Waals surface area contributed by atoms with Crippen molar-refractivity contribution < 1.29 is 14.8 Å². The summed E-state index contributed by atoms with van der Waals surface area (Å²) in [5.41, 5.74) is 0.851. The molecule has 120 valence electrons. The average molecular weight is 307 g/mol. The van der Waals surface area contributed by atoms with Gasteiger partial charge in [0.05, 0.1) is 4.92 Å². The Kier molecular flexibility index (Phi) is 5.71. The van der Waals surface area contributed by atoms with Crippen LogP contribution in [0.2, 0.25) is 0 Å². The second-order valence-electron chi connectivity index (χ2n) is 5.44. The van der Waals surface area contributed by atoms with Crippen LogP contribution in [0.5, 0.6) is 0 Å². The molecule has 2 rings (SSSR count). The van der Waals surface area contributed by atoms with Gasteiger partial charge >= 0.3 is 6.03 Å². The number of nitrogens with zero attached hydrogens (tertiary/aromatic N) is 2. The predicted molar refractivity (Wildman–Crippen MR) is 81.4 cm³/mol. The van der Waals surface area contributed by atoms with Crippen molar-refractivity contribution >= 4 is 11.7 Å². The van der Waals surface area contributed by atoms with Gasteiger partial charge in [-0.05, 0) is 31.2 Å². The predicted octanol–water partition coefficient (Wildman–Crippen LogP) is 2.04. The van der Waals surface area contributed by atoms with Gasteiger partial charge in [-0.15, -0.1) is 0 Å². The standard InChI is InChI=1S/C15H21N3O4/c19-10-8-13-3-1-2-9-17(13)15(20)16-11-12-4-6-14(7-5-12)18(21)22/h4-7,13,19H,1-3,8-11H2,(H,16,20). The summed E-state index contributed by atoms with van der Waals surface area (Å²) in [6, 6.07) is 6.08. The number of piperidine rings is 1. The van der Waals surface area contributed by atoms with E-state index >= 15 is 0 Å². The maximum absolute atomic E-state index is 12.3. The van der Waals surface area contributed by atoms with E-state index in [1.165, 1.54) is 12.1 Å². The number of nitro benzene ring substituents is 1. The number of nitro groups is 1. The van der Waals surface area contributed by atoms with Gasteiger partial charge in [0.15, 0.2) is 0 Å². The highest BCUT2D eigenvalue weighted by atomic mass is 16.6. The highest BCUT2D eigenvalue weighted by Gasteiger charge is 2.25. The topological polar surface area (TPSA) is 95.7 Å². The summed E-state index contributed by atoms with van der Waals surface area (Å²) < 4.78 is 0. The zero-order valence-electron chi connectivity index (χ0n) is 12.4. The molecule has 1 saturated heterocycles. The Labute approximate surface area is 129 Å². The third-order valence-electron chi connectivity index (χ3n) is 3.94. The first kappa shape index (κ1) is 16.2. The minimum absolute atomic E-state index is 0.0362. The molecule has 1 fully saturated rings. The molecule has 0 aromatic heterocycles. The molecule has 2 N–H and O–H groups in total. The number of rotatable bonds is 5. The number of likely N-dealkylation sites (tertiary alicyclic amines) is 1. The van der Waals surface area contributed by atoms with Crippen LogP contribution >= 0.6 is 0 Å². The summed E-state index contributed by atoms with van der Waals surface area (Å²) in [6.45, 7) is 1.12. The van der Waals surface area contributed by atoms with Crippen LogP contribution < -0.4 is 5.32 Å². The van der Waals surface area contributed by atoms with Gasteiger partial charge in [0.25, 0.3) is 5.69 Å². The van der Waals surface area contributed by atoms with Gasteiger partial charge in [0.2, 0.25) is 0 Å². The molecule has 2 amide bonds. The number of non-ortho nitro benzene ring substituents is 1. The number of urea groups is 1. The van der Waals surface area contributed by atoms with Crippen molar-refractivity contribution in [3.05, 3.63) is 39.9 Å². The smallest absolute Gasteiger partial charge is 0.317 e. The lowest BCUT2D eigenvalue weighted by molar-refractivity contribution is -0.384. The molecule has 0 spiro atoms. The van der Waals surface area contributed by atoms with Crippen LogP contribution in [0.25, 0.3) is 0 Å². The third kappa shape index (κ3) is 4.17. The number of hydrogen-bond donors (Lipinski definition) is 2. The number of amides is 2. The SMILES string of the molecule is O=C(NCc1ccc([N+](=O)[O-])cc1)N1CCCCC1CCO. The first-order valence-electron chi connectivity index (χ1n) is 7.50. The average Bonchev–Trinajstić information content (AvgIpc) is 2.54. The Hall–Kier alpha value is -2.15. The van der Waals surface area contributed by atoms with Gasteiger partial charge in [-0.25, -0.2) is 4.79 Å². The normalized spacial score (nSPS) is 18.0. The minimum atomic E-state index is -0.449. The Morgan fingerprint density at radius 3 is 2.73 bits per heavy atom. The summed E-state index contributed by atoms with van der Waals surface area (Å²) in [5, 5.41) is 22.5. The lowest BCUT2D eigenvalue weighted by atomic mass is 10.0. The first-order chi connectivity index (χ1) is 10.6. The largest absolute Gasteiger partial charge is 0.396 e. The number of nitrogens with one attached hydrogen (secondary N) is 1. The zero-order chi connectivity index (χ0) is 15.9. The fraction of sp³-hybridized carbons (Fsp3) is 0.533. The van der Waals surface area contributed by atoms with Gasteiger partial charge in [-0.1, -0.05) is 12.1 Å². The van der Waals surface area contributed by atoms with Crippen LogP contribution in [0.15, 0.2) is 24.3 Å². The minimum Gasteiger partial charge on any atom is -0.396 e. The van der Waals surface area contributed by atoms with Gasteiger partial charge in [-0.3, -0.25) is 10.1 Å². The van der Waals surface area contributed by atoms with Crippen molar-refractivity contribution in [2.45, 2.75) is 38.3 Å². The van der Waals surface area contributed by atoms with Crippen molar-refractivity contribution in [2.24, 2.45) is 0 Å². The molecule has 1 aromatic rings. The maximum Gasteiger partial charge on any atom is 0.317 e. The Bertz CT molecular complexity index is 516. The molecule has 1 aliphatic heterocycles. The Morgan fingerprint density at radius 2 is 2.09 bits per heavy atom. The van der Waals surface area contributed by atoms with Crippen molar-refractivity contribution in [3.63, 3.8) is 0 Å². The van der Waals surface area contributed by atoms with Gasteiger partial charge in [0, 0.05) is 37.9 Å². The van der Waals surface area contributed by atoms with E-state index in [0.717, 1.165) is 24.8 Å². The fourth-order valence-corrected chi connectivity index (χ4v) is 2.73. The van der Waals surface area contributed by atoms with E-state index < -0.39 is 4.92 Å². The van der Waals surface area contributed by atoms with Crippen molar-refractivity contribution in [1.29, 1.82) is 0 Å². The summed E-state index contributed by atoms with van der Waals surface area (Å²) in [5.74, 6) is 0. The summed E-state index contributed by atoms with van der Waals surface area (Å²) in [6.07, 6.45) is 3.58. The summed E-state index contributed by atoms with van der Waals surface area (Å²) in [4.78, 5) is 24.2. The number of carbonyl (C=O) groups excluding carboxylic acids is 1. The summed E-state index contributed by atoms with van der Waals surface area (Å²) in [7, 11) is 0. The monoisotopic (exact) mass is 307 g/mol. The lowest BCUT2D eigenvalue weighted by Gasteiger charge is -2.35. The van der Waals surface area contributed by atoms with Gasteiger partial charge in [0.1, 0.15) is 0 Å². The van der Waals surface area contributed by atoms with E-state index in [1.807, 2.05) is 0 Å². The van der Waals surface area contributed by atoms with Crippen molar-refractivity contribution in [1.82, 2.24) is 10.2 Å². The van der Waals surface area contributed by atoms with Crippen LogP contribution in [-0.2, 0) is 6.54 Å². The van der Waals surface area contributed by atoms with Crippen LogP contribution in [-0.4, -0.2) is 40.2 Å². The number of benzene rings is 1. The maximum atomic E-state index is 12.3. The van der Waals surface area contributed by atoms with Gasteiger partial charge < -0.3 is 15.3 Å². The fourth-order valence-electron chi connectivity index (χ4n) is 2.73. The molecule has 7 nitrogen and oxygen atoms in total. The third-order valence-corrected chi connectivity index (χ3v) is 3.94. The quantitative estimate of drug-likeness (QED) is 0.642. The molecule has 1 unspecified atom stereocenters. The molecular weight excluding hydrogens is 286 g/mol. The molecule has 0 saturated carbocycles. The molecule has 1 atom stereocenters. The molecule has 1 aliphatic rings. The number of aliphatic hydroxyl groups excluding tert-OH is 1. The van der Waals surface area contributed by atoms with E-state index in [4.69, 9.17) is 5.11 Å². The van der Waals surface area contributed by atoms with Crippen molar-refractivity contribution in [2.75, 3.05) is 13.2 Å². The van der Waals surface area contributed by atoms with Crippen LogP contribution in [0, 0.1) is 10.1 Å². The lowest BCUT2D eigenvalue weighted by Crippen LogP contribution is -2.48. The molecule has 22 heavy (non-hydrogen) atoms. The van der Waals surface area contributed by atoms with Crippen LogP contribution in [0.4, 0.5) is 10.5 Å². The number of hydrogen-bond acceptors (Lipinski definition) is 4. The van der Waals surface area contributed by atoms with Crippen LogP contribution in [0.3, 0.4) is 0 Å². The Morgan fingerprint density at radius 1 is 1.36 bits per heavy atom. The molecular formula is C15H21N3O4. The number of aliphatic hydroxyl groups is 1. The van der Waals surface area contributed by atoms with E-state index in [9.17, 15) is 14.9 Å². The number of carbonyl (C=O) groups is 1. The Balaban J connectivity index is 1.89. The summed E-state index contributed by atoms with van der Waals surface area (Å²) >= 11 is 0. The van der Waals surface area contributed by atoms with E-state index in [0.29, 0.717) is 19.5 Å². The van der Waals surface area contributed by atoms with E-state index in [-0.39, 0.29) is 24.4 Å². The van der Waals surface area contributed by atoms with E-state index in [2.05, 4.69) is 5.32 Å². The highest BCUT2D eigenvalue weighted by Crippen LogP contribution is 2.19. The van der Waals surface area contributed by atoms with Crippen LogP contribution in [0.1, 0.15) is 31.2 Å². The first-order valence-corrected chi connectivity index (χ1v) is 7.50. The second kappa shape index (κ2) is 7.74. The molecule has 1 heterocycles. The van der Waals surface area contributed by atoms with Gasteiger partial charge in [-0.2, -0.15) is 0 Å².